The van der Waals surface area contributed by atoms with E-state index in [-0.39, 0.29) is 5.91 Å². The van der Waals surface area contributed by atoms with Gasteiger partial charge in [-0.3, -0.25) is 4.79 Å². The second-order valence-electron chi connectivity index (χ2n) is 7.39. The van der Waals surface area contributed by atoms with Gasteiger partial charge in [0.25, 0.3) is 5.91 Å². The minimum absolute atomic E-state index is 0.125. The molecule has 0 saturated carbocycles. The smallest absolute Gasteiger partial charge is 0.253 e. The number of piperazine rings is 1. The molecule has 0 N–H and O–H groups in total. The molecule has 1 fully saturated rings. The zero-order valence-electron chi connectivity index (χ0n) is 16.2. The summed E-state index contributed by atoms with van der Waals surface area (Å²) in [6.45, 7) is 9.31. The van der Waals surface area contributed by atoms with Gasteiger partial charge in [-0.15, -0.1) is 0 Å². The van der Waals surface area contributed by atoms with Crippen molar-refractivity contribution in [3.8, 4) is 0 Å². The quantitative estimate of drug-likeness (QED) is 0.690. The Hall–Kier alpha value is -2.88. The van der Waals surface area contributed by atoms with Crippen molar-refractivity contribution in [3.63, 3.8) is 0 Å². The van der Waals surface area contributed by atoms with Gasteiger partial charge in [-0.05, 0) is 61.7 Å². The van der Waals surface area contributed by atoms with Crippen LogP contribution in [0.15, 0.2) is 48.5 Å². The maximum Gasteiger partial charge on any atom is 0.253 e. The van der Waals surface area contributed by atoms with Crippen LogP contribution >= 0.6 is 0 Å². The van der Waals surface area contributed by atoms with Crippen molar-refractivity contribution >= 4 is 22.6 Å². The number of hydrogen-bond donors (Lipinski definition) is 0. The molecule has 0 aliphatic carbocycles. The number of rotatable bonds is 2. The van der Waals surface area contributed by atoms with Crippen molar-refractivity contribution < 1.29 is 4.79 Å². The number of aromatic nitrogens is 1. The van der Waals surface area contributed by atoms with Crippen LogP contribution in [0.3, 0.4) is 0 Å². The molecule has 1 amide bonds. The van der Waals surface area contributed by atoms with E-state index in [1.807, 2.05) is 35.2 Å². The zero-order chi connectivity index (χ0) is 19.0. The van der Waals surface area contributed by atoms with Crippen molar-refractivity contribution in [2.45, 2.75) is 20.8 Å². The van der Waals surface area contributed by atoms with Gasteiger partial charge in [0, 0.05) is 37.1 Å². The van der Waals surface area contributed by atoms with E-state index in [4.69, 9.17) is 4.98 Å². The fraction of sp³-hybridized carbons (Fsp3) is 0.304. The highest BCUT2D eigenvalue weighted by atomic mass is 16.2. The van der Waals surface area contributed by atoms with E-state index in [0.29, 0.717) is 0 Å². The summed E-state index contributed by atoms with van der Waals surface area (Å²) in [5.41, 5.74) is 5.43. The first kappa shape index (κ1) is 17.5. The van der Waals surface area contributed by atoms with E-state index >= 15 is 0 Å². The Kier molecular flexibility index (Phi) is 4.56. The van der Waals surface area contributed by atoms with Gasteiger partial charge < -0.3 is 9.80 Å². The van der Waals surface area contributed by atoms with Crippen LogP contribution in [0.5, 0.6) is 0 Å². The molecule has 0 unspecified atom stereocenters. The zero-order valence-corrected chi connectivity index (χ0v) is 16.2. The summed E-state index contributed by atoms with van der Waals surface area (Å²) >= 11 is 0. The minimum Gasteiger partial charge on any atom is -0.353 e. The molecule has 4 nitrogen and oxygen atoms in total. The van der Waals surface area contributed by atoms with Crippen molar-refractivity contribution in [1.82, 2.24) is 9.88 Å². The topological polar surface area (TPSA) is 36.4 Å². The predicted octanol–water partition coefficient (Wildman–Crippen LogP) is 4.12. The third kappa shape index (κ3) is 3.39. The molecule has 1 aliphatic rings. The first-order chi connectivity index (χ1) is 13.0. The van der Waals surface area contributed by atoms with Crippen LogP contribution in [0.1, 0.15) is 27.0 Å². The molecule has 0 bridgehead atoms. The van der Waals surface area contributed by atoms with Crippen LogP contribution < -0.4 is 4.90 Å². The molecule has 0 spiro atoms. The Morgan fingerprint density at radius 2 is 1.59 bits per heavy atom. The summed E-state index contributed by atoms with van der Waals surface area (Å²) in [5.74, 6) is 1.13. The van der Waals surface area contributed by atoms with Crippen LogP contribution in [0.2, 0.25) is 0 Å². The summed E-state index contributed by atoms with van der Waals surface area (Å²) in [5, 5.41) is 1.20. The highest BCUT2D eigenvalue weighted by Gasteiger charge is 2.23. The van der Waals surface area contributed by atoms with Crippen molar-refractivity contribution in [2.75, 3.05) is 31.1 Å². The molecule has 0 atom stereocenters. The maximum atomic E-state index is 12.8. The third-order valence-corrected chi connectivity index (χ3v) is 5.55. The lowest BCUT2D eigenvalue weighted by Gasteiger charge is -2.35. The second kappa shape index (κ2) is 7.03. The van der Waals surface area contributed by atoms with Crippen molar-refractivity contribution in [3.05, 3.63) is 70.8 Å². The molecule has 138 valence electrons. The molecule has 2 aromatic carbocycles. The van der Waals surface area contributed by atoms with Crippen molar-refractivity contribution in [2.24, 2.45) is 0 Å². The normalized spacial score (nSPS) is 14.6. The number of anilines is 1. The molecule has 1 saturated heterocycles. The average Bonchev–Trinajstić information content (AvgIpc) is 2.69. The summed E-state index contributed by atoms with van der Waals surface area (Å²) < 4.78 is 0. The predicted molar refractivity (Wildman–Crippen MR) is 111 cm³/mol. The summed E-state index contributed by atoms with van der Waals surface area (Å²) in [4.78, 5) is 21.9. The monoisotopic (exact) mass is 359 g/mol. The fourth-order valence-corrected chi connectivity index (χ4v) is 3.69. The number of fused-ring (bicyclic) bond motifs is 1. The lowest BCUT2D eigenvalue weighted by atomic mass is 10.1. The number of carbonyl (C=O) groups excluding carboxylic acids is 1. The van der Waals surface area contributed by atoms with Crippen LogP contribution in [0.25, 0.3) is 10.9 Å². The summed E-state index contributed by atoms with van der Waals surface area (Å²) in [6, 6.07) is 16.4. The number of benzene rings is 2. The first-order valence-electron chi connectivity index (χ1n) is 9.51. The fourth-order valence-electron chi connectivity index (χ4n) is 3.69. The Bertz CT molecular complexity index is 1000. The number of pyridine rings is 1. The van der Waals surface area contributed by atoms with E-state index in [1.54, 1.807) is 0 Å². The van der Waals surface area contributed by atoms with Gasteiger partial charge in [0.05, 0.1) is 5.52 Å². The highest BCUT2D eigenvalue weighted by Crippen LogP contribution is 2.23. The lowest BCUT2D eigenvalue weighted by molar-refractivity contribution is 0.0746. The molecule has 3 aromatic rings. The average molecular weight is 359 g/mol. The summed E-state index contributed by atoms with van der Waals surface area (Å²) in [6.07, 6.45) is 0. The van der Waals surface area contributed by atoms with Gasteiger partial charge in [-0.1, -0.05) is 24.3 Å². The molecule has 27 heavy (non-hydrogen) atoms. The summed E-state index contributed by atoms with van der Waals surface area (Å²) in [7, 11) is 0. The number of amides is 1. The number of para-hydroxylation sites is 1. The number of aryl methyl sites for hydroxylation is 3. The van der Waals surface area contributed by atoms with Gasteiger partial charge in [0.2, 0.25) is 0 Å². The molecule has 1 aromatic heterocycles. The van der Waals surface area contributed by atoms with E-state index in [9.17, 15) is 4.79 Å². The van der Waals surface area contributed by atoms with E-state index in [2.05, 4.69) is 43.9 Å². The van der Waals surface area contributed by atoms with Gasteiger partial charge >= 0.3 is 0 Å². The van der Waals surface area contributed by atoms with Crippen LogP contribution in [-0.2, 0) is 0 Å². The van der Waals surface area contributed by atoms with Gasteiger partial charge in [-0.25, -0.2) is 4.98 Å². The Morgan fingerprint density at radius 1 is 0.852 bits per heavy atom. The second-order valence-corrected chi connectivity index (χ2v) is 7.39. The molecular formula is C23H25N3O. The molecule has 1 aliphatic heterocycles. The number of nitrogens with zero attached hydrogens (tertiary/aromatic N) is 3. The van der Waals surface area contributed by atoms with Crippen LogP contribution in [0, 0.1) is 20.8 Å². The maximum absolute atomic E-state index is 12.8. The van der Waals surface area contributed by atoms with E-state index in [0.717, 1.165) is 48.6 Å². The molecule has 4 rings (SSSR count). The largest absolute Gasteiger partial charge is 0.353 e. The highest BCUT2D eigenvalue weighted by molar-refractivity contribution is 5.94. The van der Waals surface area contributed by atoms with Crippen LogP contribution in [-0.4, -0.2) is 42.0 Å². The molecular weight excluding hydrogens is 334 g/mol. The lowest BCUT2D eigenvalue weighted by Crippen LogP contribution is -2.49. The molecule has 0 radical (unpaired) electrons. The van der Waals surface area contributed by atoms with Gasteiger partial charge in [-0.2, -0.15) is 0 Å². The molecule has 2 heterocycles. The first-order valence-corrected chi connectivity index (χ1v) is 9.51. The van der Waals surface area contributed by atoms with Crippen molar-refractivity contribution in [1.29, 1.82) is 0 Å². The Labute approximate surface area is 160 Å². The minimum atomic E-state index is 0.125. The van der Waals surface area contributed by atoms with Gasteiger partial charge in [0.15, 0.2) is 0 Å². The van der Waals surface area contributed by atoms with Crippen LogP contribution in [0.4, 0.5) is 5.82 Å². The van der Waals surface area contributed by atoms with E-state index in [1.165, 1.54) is 16.5 Å². The third-order valence-electron chi connectivity index (χ3n) is 5.55. The van der Waals surface area contributed by atoms with Gasteiger partial charge in [0.1, 0.15) is 5.82 Å². The standard InChI is InChI=1S/C23H25N3O/c1-16-8-9-19(14-17(16)2)23(27)26-12-10-25(11-13-26)22-15-18(3)20-6-4-5-7-21(20)24-22/h4-9,14-15H,10-13H2,1-3H3. The number of hydrogen-bond acceptors (Lipinski definition) is 3. The SMILES string of the molecule is Cc1ccc(C(=O)N2CCN(c3cc(C)c4ccccc4n3)CC2)cc1C. The Morgan fingerprint density at radius 3 is 2.33 bits per heavy atom. The number of carbonyl (C=O) groups is 1. The Balaban J connectivity index is 1.49. The molecule has 4 heteroatoms. The van der Waals surface area contributed by atoms with E-state index < -0.39 is 0 Å².